The summed E-state index contributed by atoms with van der Waals surface area (Å²) in [4.78, 5) is 15.1. The number of nitrogens with one attached hydrogen (secondary N) is 1. The summed E-state index contributed by atoms with van der Waals surface area (Å²) in [5.41, 5.74) is 1.90. The van der Waals surface area contributed by atoms with Gasteiger partial charge in [-0.05, 0) is 35.4 Å². The van der Waals surface area contributed by atoms with Gasteiger partial charge in [-0.25, -0.2) is 23.1 Å². The van der Waals surface area contributed by atoms with E-state index in [0.29, 0.717) is 17.8 Å². The van der Waals surface area contributed by atoms with E-state index < -0.39 is 5.97 Å². The zero-order valence-corrected chi connectivity index (χ0v) is 12.7. The molecule has 0 unspecified atom stereocenters. The SMILES string of the molecule is O=C(OCc1ccc(F)cc1)c1c[nH]c[n+]1Cc1ccc(F)cc1. The fourth-order valence-corrected chi connectivity index (χ4v) is 2.26. The van der Waals surface area contributed by atoms with Crippen LogP contribution in [0.25, 0.3) is 0 Å². The van der Waals surface area contributed by atoms with Gasteiger partial charge in [-0.2, -0.15) is 0 Å². The minimum Gasteiger partial charge on any atom is -0.454 e. The van der Waals surface area contributed by atoms with Crippen molar-refractivity contribution in [2.24, 2.45) is 0 Å². The number of esters is 1. The summed E-state index contributed by atoms with van der Waals surface area (Å²) in [6, 6.07) is 11.8. The third-order valence-electron chi connectivity index (χ3n) is 3.52. The highest BCUT2D eigenvalue weighted by atomic mass is 19.1. The molecule has 0 saturated heterocycles. The molecule has 24 heavy (non-hydrogen) atoms. The summed E-state index contributed by atoms with van der Waals surface area (Å²) in [7, 11) is 0. The van der Waals surface area contributed by atoms with Crippen molar-refractivity contribution < 1.29 is 22.9 Å². The zero-order valence-electron chi connectivity index (χ0n) is 12.7. The molecule has 0 fully saturated rings. The Balaban J connectivity index is 1.66. The summed E-state index contributed by atoms with van der Waals surface area (Å²) in [6.07, 6.45) is 3.17. The summed E-state index contributed by atoms with van der Waals surface area (Å²) in [5, 5.41) is 0. The van der Waals surface area contributed by atoms with Crippen LogP contribution in [0, 0.1) is 11.6 Å². The largest absolute Gasteiger partial charge is 0.454 e. The Hall–Kier alpha value is -3.02. The molecule has 0 radical (unpaired) electrons. The van der Waals surface area contributed by atoms with Gasteiger partial charge in [-0.1, -0.05) is 24.3 Å². The number of aromatic amines is 1. The molecule has 0 amide bonds. The second-order valence-electron chi connectivity index (χ2n) is 5.28. The summed E-state index contributed by atoms with van der Waals surface area (Å²) in [6.45, 7) is 0.464. The predicted molar refractivity (Wildman–Crippen MR) is 82.0 cm³/mol. The molecule has 1 N–H and O–H groups in total. The number of benzene rings is 2. The molecule has 0 aliphatic rings. The molecule has 1 aromatic heterocycles. The van der Waals surface area contributed by atoms with Crippen LogP contribution in [0.15, 0.2) is 61.1 Å². The van der Waals surface area contributed by atoms with Gasteiger partial charge in [-0.15, -0.1) is 0 Å². The van der Waals surface area contributed by atoms with Gasteiger partial charge in [0.1, 0.15) is 31.0 Å². The molecule has 3 rings (SSSR count). The van der Waals surface area contributed by atoms with E-state index in [1.165, 1.54) is 30.5 Å². The van der Waals surface area contributed by atoms with Crippen molar-refractivity contribution in [3.8, 4) is 0 Å². The predicted octanol–water partition coefficient (Wildman–Crippen LogP) is 2.99. The maximum Gasteiger partial charge on any atom is 0.382 e. The maximum atomic E-state index is 12.9. The average molecular weight is 329 g/mol. The molecular weight excluding hydrogens is 314 g/mol. The first-order valence-corrected chi connectivity index (χ1v) is 7.34. The van der Waals surface area contributed by atoms with Crippen molar-refractivity contribution in [1.82, 2.24) is 4.98 Å². The van der Waals surface area contributed by atoms with Crippen molar-refractivity contribution in [2.75, 3.05) is 0 Å². The third-order valence-corrected chi connectivity index (χ3v) is 3.52. The number of imidazole rings is 1. The first kappa shape index (κ1) is 15.9. The van der Waals surface area contributed by atoms with E-state index in [4.69, 9.17) is 4.74 Å². The number of hydrogen-bond acceptors (Lipinski definition) is 2. The molecule has 0 aliphatic carbocycles. The van der Waals surface area contributed by atoms with Crippen LogP contribution in [0.2, 0.25) is 0 Å². The highest BCUT2D eigenvalue weighted by molar-refractivity contribution is 5.85. The van der Waals surface area contributed by atoms with Crippen molar-refractivity contribution in [1.29, 1.82) is 0 Å². The number of ether oxygens (including phenoxy) is 1. The van der Waals surface area contributed by atoms with Crippen molar-refractivity contribution in [3.05, 3.63) is 89.5 Å². The topological polar surface area (TPSA) is 46.0 Å². The number of hydrogen-bond donors (Lipinski definition) is 1. The number of aromatic nitrogens is 2. The van der Waals surface area contributed by atoms with Gasteiger partial charge < -0.3 is 4.74 Å². The molecule has 0 saturated carbocycles. The number of H-pyrrole nitrogens is 1. The molecule has 122 valence electrons. The molecule has 1 heterocycles. The van der Waals surface area contributed by atoms with E-state index >= 15 is 0 Å². The van der Waals surface area contributed by atoms with E-state index in [1.807, 2.05) is 0 Å². The van der Waals surface area contributed by atoms with Gasteiger partial charge in [0.2, 0.25) is 6.33 Å². The van der Waals surface area contributed by atoms with Crippen LogP contribution < -0.4 is 4.57 Å². The molecule has 0 atom stereocenters. The number of rotatable bonds is 5. The molecule has 0 aliphatic heterocycles. The molecule has 3 aromatic rings. The Morgan fingerprint density at radius 1 is 0.958 bits per heavy atom. The first-order valence-electron chi connectivity index (χ1n) is 7.34. The van der Waals surface area contributed by atoms with E-state index in [-0.39, 0.29) is 18.2 Å². The van der Waals surface area contributed by atoms with Gasteiger partial charge in [0.25, 0.3) is 5.69 Å². The van der Waals surface area contributed by atoms with E-state index in [2.05, 4.69) is 4.98 Å². The molecule has 0 spiro atoms. The van der Waals surface area contributed by atoms with Gasteiger partial charge in [0.05, 0.1) is 0 Å². The fraction of sp³-hybridized carbons (Fsp3) is 0.111. The molecule has 4 nitrogen and oxygen atoms in total. The second kappa shape index (κ2) is 7.04. The average Bonchev–Trinajstić information content (AvgIpc) is 3.04. The lowest BCUT2D eigenvalue weighted by atomic mass is 10.2. The van der Waals surface area contributed by atoms with Crippen molar-refractivity contribution in [3.63, 3.8) is 0 Å². The Morgan fingerprint density at radius 2 is 1.54 bits per heavy atom. The standard InChI is InChI=1S/C18H14F2N2O2/c19-15-5-1-13(2-6-15)10-22-12-21-9-17(22)18(23)24-11-14-3-7-16(20)8-4-14/h1-9,12H,10-11H2/p+1. The van der Waals surface area contributed by atoms with Crippen LogP contribution in [-0.4, -0.2) is 11.0 Å². The zero-order chi connectivity index (χ0) is 16.9. The second-order valence-corrected chi connectivity index (χ2v) is 5.28. The van der Waals surface area contributed by atoms with Crippen LogP contribution in [0.3, 0.4) is 0 Å². The highest BCUT2D eigenvalue weighted by Crippen LogP contribution is 2.07. The lowest BCUT2D eigenvalue weighted by Crippen LogP contribution is -2.38. The van der Waals surface area contributed by atoms with Crippen molar-refractivity contribution >= 4 is 5.97 Å². The number of nitrogens with zero attached hydrogens (tertiary/aromatic N) is 1. The third kappa shape index (κ3) is 3.84. The summed E-state index contributed by atoms with van der Waals surface area (Å²) < 4.78 is 32.7. The number of carbonyl (C=O) groups is 1. The van der Waals surface area contributed by atoms with Crippen LogP contribution in [0.1, 0.15) is 21.6 Å². The van der Waals surface area contributed by atoms with E-state index in [1.54, 1.807) is 35.2 Å². The van der Waals surface area contributed by atoms with Crippen LogP contribution >= 0.6 is 0 Å². The van der Waals surface area contributed by atoms with E-state index in [0.717, 1.165) is 5.56 Å². The fourth-order valence-electron chi connectivity index (χ4n) is 2.26. The van der Waals surface area contributed by atoms with Gasteiger partial charge >= 0.3 is 5.97 Å². The minimum atomic E-state index is -0.498. The van der Waals surface area contributed by atoms with Crippen LogP contribution in [0.5, 0.6) is 0 Å². The first-order chi connectivity index (χ1) is 11.6. The van der Waals surface area contributed by atoms with Gasteiger partial charge in [0, 0.05) is 0 Å². The summed E-state index contributed by atoms with van der Waals surface area (Å²) >= 11 is 0. The highest BCUT2D eigenvalue weighted by Gasteiger charge is 2.19. The number of halogens is 2. The lowest BCUT2D eigenvalue weighted by Gasteiger charge is -2.05. The monoisotopic (exact) mass is 329 g/mol. The van der Waals surface area contributed by atoms with Crippen molar-refractivity contribution in [2.45, 2.75) is 13.2 Å². The maximum absolute atomic E-state index is 12.9. The molecule has 0 bridgehead atoms. The van der Waals surface area contributed by atoms with Gasteiger partial charge in [0.15, 0.2) is 0 Å². The minimum absolute atomic E-state index is 0.0564. The van der Waals surface area contributed by atoms with Gasteiger partial charge in [-0.3, -0.25) is 0 Å². The molecule has 6 heteroatoms. The molecular formula is C18H15F2N2O2+. The van der Waals surface area contributed by atoms with Crippen LogP contribution in [0.4, 0.5) is 8.78 Å². The Bertz CT molecular complexity index is 827. The van der Waals surface area contributed by atoms with E-state index in [9.17, 15) is 13.6 Å². The smallest absolute Gasteiger partial charge is 0.382 e. The quantitative estimate of drug-likeness (QED) is 0.578. The Labute approximate surface area is 137 Å². The number of carbonyl (C=O) groups excluding carboxylic acids is 1. The summed E-state index contributed by atoms with van der Waals surface area (Å²) in [5.74, 6) is -1.15. The molecule has 2 aromatic carbocycles. The Morgan fingerprint density at radius 3 is 2.17 bits per heavy atom. The Kier molecular flexibility index (Phi) is 4.65. The normalized spacial score (nSPS) is 10.6. The van der Waals surface area contributed by atoms with Crippen LogP contribution in [-0.2, 0) is 17.9 Å². The lowest BCUT2D eigenvalue weighted by molar-refractivity contribution is -0.689.